The molecule has 5 rings (SSSR count). The second-order valence-electron chi connectivity index (χ2n) is 11.6. The van der Waals surface area contributed by atoms with E-state index in [1.807, 2.05) is 85.4 Å². The van der Waals surface area contributed by atoms with Gasteiger partial charge in [-0.15, -0.1) is 13.2 Å². The first-order chi connectivity index (χ1) is 20.1. The van der Waals surface area contributed by atoms with E-state index < -0.39 is 38.8 Å². The molecule has 1 aliphatic rings. The Morgan fingerprint density at radius 2 is 1.21 bits per heavy atom. The summed E-state index contributed by atoms with van der Waals surface area (Å²) in [5.41, 5.74) is 0.918. The van der Waals surface area contributed by atoms with Crippen molar-refractivity contribution < 1.29 is 19.4 Å². The zero-order valence-electron chi connectivity index (χ0n) is 24.2. The number of carbonyl (C=O) groups excluding carboxylic acids is 2. The maximum Gasteiger partial charge on any atom is 0.232 e. The van der Waals surface area contributed by atoms with E-state index in [1.165, 1.54) is 0 Å². The molecule has 0 radical (unpaired) electrons. The predicted molar refractivity (Wildman–Crippen MR) is 176 cm³/mol. The number of halogens is 3. The van der Waals surface area contributed by atoms with Crippen LogP contribution in [0.2, 0.25) is 0 Å². The Labute approximate surface area is 265 Å². The third-order valence-electron chi connectivity index (χ3n) is 7.92. The van der Waals surface area contributed by atoms with Gasteiger partial charge in [-0.1, -0.05) is 83.4 Å². The Hall–Kier alpha value is -3.71. The smallest absolute Gasteiger partial charge is 0.232 e. The number of aliphatic hydroxyl groups is 1. The van der Waals surface area contributed by atoms with Crippen LogP contribution in [0.25, 0.3) is 33.0 Å². The molecule has 1 aliphatic carbocycles. The number of hydrogen-bond acceptors (Lipinski definition) is 4. The average molecular weight is 638 g/mol. The summed E-state index contributed by atoms with van der Waals surface area (Å²) < 4.78 is 7.90. The Kier molecular flexibility index (Phi) is 7.70. The molecule has 0 spiro atoms. The van der Waals surface area contributed by atoms with Crippen molar-refractivity contribution in [2.45, 2.75) is 42.6 Å². The fourth-order valence-corrected chi connectivity index (χ4v) is 5.53. The highest BCUT2D eigenvalue weighted by Crippen LogP contribution is 2.43. The second kappa shape index (κ2) is 10.8. The van der Waals surface area contributed by atoms with Crippen LogP contribution in [0.1, 0.15) is 38.8 Å². The minimum Gasteiger partial charge on any atom is -0.504 e. The number of alkyl halides is 3. The number of ketones is 2. The lowest BCUT2D eigenvalue weighted by Gasteiger charge is -2.24. The monoisotopic (exact) mass is 636 g/mol. The SMILES string of the molecule is C=CC(C)(C)n1cc(C2=C(O)C(=O)C(c3cn(C(C)(C)C=C)c4ccccc34)=C(OCC(Cl)(Cl)Cl)C2=O)c2ccccc21. The zero-order valence-corrected chi connectivity index (χ0v) is 26.5. The van der Waals surface area contributed by atoms with Crippen LogP contribution < -0.4 is 0 Å². The molecule has 0 amide bonds. The van der Waals surface area contributed by atoms with Gasteiger partial charge in [-0.25, -0.2) is 0 Å². The molecule has 43 heavy (non-hydrogen) atoms. The van der Waals surface area contributed by atoms with E-state index >= 15 is 0 Å². The number of aliphatic hydroxyl groups excluding tert-OH is 1. The predicted octanol–water partition coefficient (Wildman–Crippen LogP) is 8.66. The van der Waals surface area contributed by atoms with Gasteiger partial charge in [0, 0.05) is 45.3 Å². The van der Waals surface area contributed by atoms with Gasteiger partial charge >= 0.3 is 0 Å². The van der Waals surface area contributed by atoms with Crippen LogP contribution in [0.5, 0.6) is 0 Å². The van der Waals surface area contributed by atoms with E-state index in [2.05, 4.69) is 13.2 Å². The Morgan fingerprint density at radius 1 is 0.767 bits per heavy atom. The maximum absolute atomic E-state index is 14.4. The molecule has 0 atom stereocenters. The molecule has 222 valence electrons. The summed E-state index contributed by atoms with van der Waals surface area (Å²) in [6.45, 7) is 15.3. The summed E-state index contributed by atoms with van der Waals surface area (Å²) in [6.07, 6.45) is 7.04. The number of rotatable bonds is 8. The minimum atomic E-state index is -1.88. The molecular weight excluding hydrogens is 607 g/mol. The Bertz CT molecular complexity index is 1900. The quantitative estimate of drug-likeness (QED) is 0.119. The van der Waals surface area contributed by atoms with Crippen LogP contribution in [-0.4, -0.2) is 36.2 Å². The molecule has 2 aromatic carbocycles. The van der Waals surface area contributed by atoms with Gasteiger partial charge < -0.3 is 19.0 Å². The Balaban J connectivity index is 1.80. The topological polar surface area (TPSA) is 73.5 Å². The first-order valence-electron chi connectivity index (χ1n) is 13.6. The average Bonchev–Trinajstić information content (AvgIpc) is 3.54. The second-order valence-corrected chi connectivity index (χ2v) is 14.1. The van der Waals surface area contributed by atoms with E-state index in [0.29, 0.717) is 21.9 Å². The third-order valence-corrected chi connectivity index (χ3v) is 8.25. The molecule has 4 aromatic rings. The number of hydrogen-bond donors (Lipinski definition) is 1. The Morgan fingerprint density at radius 3 is 1.65 bits per heavy atom. The van der Waals surface area contributed by atoms with E-state index in [0.717, 1.165) is 11.0 Å². The van der Waals surface area contributed by atoms with Crippen molar-refractivity contribution in [3.8, 4) is 0 Å². The number of allylic oxidation sites excluding steroid dienone is 4. The molecular formula is C34H31Cl3N2O4. The zero-order chi connectivity index (χ0) is 31.5. The van der Waals surface area contributed by atoms with Crippen LogP contribution in [0.4, 0.5) is 0 Å². The number of benzene rings is 2. The number of ether oxygens (including phenoxy) is 1. The normalized spacial score (nSPS) is 15.1. The van der Waals surface area contributed by atoms with Gasteiger partial charge in [0.1, 0.15) is 6.61 Å². The molecule has 0 saturated heterocycles. The van der Waals surface area contributed by atoms with Crippen molar-refractivity contribution in [1.29, 1.82) is 0 Å². The largest absolute Gasteiger partial charge is 0.504 e. The lowest BCUT2D eigenvalue weighted by Crippen LogP contribution is -2.27. The first kappa shape index (κ1) is 30.7. The highest BCUT2D eigenvalue weighted by Gasteiger charge is 2.41. The van der Waals surface area contributed by atoms with E-state index in [9.17, 15) is 14.7 Å². The first-order valence-corrected chi connectivity index (χ1v) is 14.7. The van der Waals surface area contributed by atoms with Gasteiger partial charge in [-0.05, 0) is 39.8 Å². The number of para-hydroxylation sites is 2. The molecule has 0 saturated carbocycles. The van der Waals surface area contributed by atoms with Crippen molar-refractivity contribution in [1.82, 2.24) is 9.13 Å². The van der Waals surface area contributed by atoms with Crippen LogP contribution in [0.15, 0.2) is 97.8 Å². The minimum absolute atomic E-state index is 0.120. The van der Waals surface area contributed by atoms with Crippen molar-refractivity contribution in [3.63, 3.8) is 0 Å². The molecule has 0 bridgehead atoms. The molecule has 1 N–H and O–H groups in total. The van der Waals surface area contributed by atoms with Gasteiger partial charge in [-0.3, -0.25) is 9.59 Å². The van der Waals surface area contributed by atoms with Crippen molar-refractivity contribution in [3.05, 3.63) is 109 Å². The molecule has 0 fully saturated rings. The molecule has 0 unspecified atom stereocenters. The van der Waals surface area contributed by atoms with Gasteiger partial charge in [0.2, 0.25) is 15.4 Å². The van der Waals surface area contributed by atoms with E-state index in [1.54, 1.807) is 24.5 Å². The molecule has 2 aromatic heterocycles. The fraction of sp³-hybridized carbons (Fsp3) is 0.235. The lowest BCUT2D eigenvalue weighted by atomic mass is 9.86. The van der Waals surface area contributed by atoms with Crippen LogP contribution in [-0.2, 0) is 25.4 Å². The van der Waals surface area contributed by atoms with Crippen molar-refractivity contribution in [2.75, 3.05) is 6.61 Å². The molecule has 6 nitrogen and oxygen atoms in total. The van der Waals surface area contributed by atoms with Gasteiger partial charge in [0.05, 0.1) is 22.2 Å². The highest BCUT2D eigenvalue weighted by atomic mass is 35.6. The summed E-state index contributed by atoms with van der Waals surface area (Å²) >= 11 is 18.1. The van der Waals surface area contributed by atoms with Crippen LogP contribution in [0.3, 0.4) is 0 Å². The van der Waals surface area contributed by atoms with Gasteiger partial charge in [0.25, 0.3) is 0 Å². The van der Waals surface area contributed by atoms with Crippen LogP contribution >= 0.6 is 34.8 Å². The standard InChI is InChI=1S/C34H31Cl3N2O4/c1-7-32(3,4)38-17-22(20-13-9-11-15-24(20)38)26-28(40)29(41)27(31(30(26)42)43-19-34(35,36)37)23-18-39(33(5,6)8-2)25-16-12-10-14-21(23)25/h7-18,40H,1-2,19H2,3-6H3. The lowest BCUT2D eigenvalue weighted by molar-refractivity contribution is -0.117. The molecule has 2 heterocycles. The summed E-state index contributed by atoms with van der Waals surface area (Å²) in [4.78, 5) is 28.6. The van der Waals surface area contributed by atoms with Gasteiger partial charge in [0.15, 0.2) is 11.5 Å². The summed E-state index contributed by atoms with van der Waals surface area (Å²) in [5.74, 6) is -2.50. The van der Waals surface area contributed by atoms with Crippen molar-refractivity contribution >= 4 is 79.3 Å². The highest BCUT2D eigenvalue weighted by molar-refractivity contribution is 6.67. The third kappa shape index (κ3) is 5.22. The summed E-state index contributed by atoms with van der Waals surface area (Å²) in [7, 11) is 0. The van der Waals surface area contributed by atoms with Gasteiger partial charge in [-0.2, -0.15) is 0 Å². The maximum atomic E-state index is 14.4. The fourth-order valence-electron chi connectivity index (χ4n) is 5.36. The van der Waals surface area contributed by atoms with Crippen molar-refractivity contribution in [2.24, 2.45) is 0 Å². The number of fused-ring (bicyclic) bond motifs is 2. The molecule has 9 heteroatoms. The summed E-state index contributed by atoms with van der Waals surface area (Å²) in [5, 5.41) is 12.9. The number of Topliss-reactive ketones (excluding diaryl/α,β-unsaturated/α-hetero) is 2. The number of nitrogens with zero attached hydrogens (tertiary/aromatic N) is 2. The molecule has 0 aliphatic heterocycles. The number of carbonyl (C=O) groups is 2. The summed E-state index contributed by atoms with van der Waals surface area (Å²) in [6, 6.07) is 14.8. The number of aromatic nitrogens is 2. The van der Waals surface area contributed by atoms with E-state index in [4.69, 9.17) is 39.5 Å². The van der Waals surface area contributed by atoms with Crippen LogP contribution in [0, 0.1) is 0 Å². The van der Waals surface area contributed by atoms with E-state index in [-0.39, 0.29) is 16.9 Å².